The van der Waals surface area contributed by atoms with Crippen LogP contribution in [0.4, 0.5) is 5.82 Å². The number of nitrogens with zero attached hydrogens (tertiary/aromatic N) is 2. The third-order valence-corrected chi connectivity index (χ3v) is 3.51. The number of anilines is 1. The van der Waals surface area contributed by atoms with Gasteiger partial charge in [0, 0.05) is 13.1 Å². The zero-order valence-electron chi connectivity index (χ0n) is 11.4. The number of hydrogen-bond acceptors (Lipinski definition) is 4. The molecular weight excluding hydrogens is 297 g/mol. The van der Waals surface area contributed by atoms with Crippen molar-refractivity contribution in [2.45, 2.75) is 19.8 Å². The number of halogens is 2. The summed E-state index contributed by atoms with van der Waals surface area (Å²) in [5.74, 6) is 2.07. The first kappa shape index (κ1) is 14.9. The zero-order chi connectivity index (χ0) is 14.7. The highest BCUT2D eigenvalue weighted by Crippen LogP contribution is 2.34. The Hall–Kier alpha value is -1.52. The first-order valence-electron chi connectivity index (χ1n) is 6.18. The van der Waals surface area contributed by atoms with Gasteiger partial charge in [0.15, 0.2) is 0 Å². The lowest BCUT2D eigenvalue weighted by Gasteiger charge is -2.15. The predicted octanol–water partition coefficient (Wildman–Crippen LogP) is 4.74. The number of benzene rings is 1. The molecule has 0 spiro atoms. The fraction of sp³-hybridized carbons (Fsp3) is 0.286. The van der Waals surface area contributed by atoms with Crippen LogP contribution in [0.5, 0.6) is 11.6 Å². The molecule has 0 aliphatic carbocycles. The molecule has 0 aliphatic rings. The van der Waals surface area contributed by atoms with E-state index in [4.69, 9.17) is 27.9 Å². The van der Waals surface area contributed by atoms with E-state index in [9.17, 15) is 0 Å². The van der Waals surface area contributed by atoms with Crippen molar-refractivity contribution >= 4 is 29.0 Å². The Morgan fingerprint density at radius 1 is 1.15 bits per heavy atom. The molecule has 1 heterocycles. The Balaban J connectivity index is 2.40. The number of rotatable bonds is 4. The molecule has 6 heteroatoms. The van der Waals surface area contributed by atoms with Gasteiger partial charge in [-0.05, 0) is 18.1 Å². The van der Waals surface area contributed by atoms with Crippen LogP contribution in [-0.2, 0) is 0 Å². The van der Waals surface area contributed by atoms with Crippen LogP contribution < -0.4 is 10.1 Å². The molecular formula is C14H15Cl2N3O. The van der Waals surface area contributed by atoms with Crippen molar-refractivity contribution in [2.75, 3.05) is 12.4 Å². The maximum atomic E-state index is 5.98. The Morgan fingerprint density at radius 2 is 1.90 bits per heavy atom. The average Bonchev–Trinajstić information content (AvgIpc) is 2.42. The summed E-state index contributed by atoms with van der Waals surface area (Å²) in [7, 11) is 1.82. The van der Waals surface area contributed by atoms with Crippen LogP contribution in [0.25, 0.3) is 0 Å². The van der Waals surface area contributed by atoms with Crippen LogP contribution in [-0.4, -0.2) is 17.0 Å². The molecule has 0 saturated heterocycles. The summed E-state index contributed by atoms with van der Waals surface area (Å²) in [4.78, 5) is 8.41. The molecule has 106 valence electrons. The second-order valence-corrected chi connectivity index (χ2v) is 5.34. The smallest absolute Gasteiger partial charge is 0.227 e. The molecule has 0 saturated carbocycles. The molecule has 2 rings (SSSR count). The monoisotopic (exact) mass is 311 g/mol. The van der Waals surface area contributed by atoms with E-state index >= 15 is 0 Å². The van der Waals surface area contributed by atoms with Gasteiger partial charge in [-0.25, -0.2) is 9.97 Å². The summed E-state index contributed by atoms with van der Waals surface area (Å²) >= 11 is 11.9. The molecule has 2 aromatic rings. The van der Waals surface area contributed by atoms with Crippen LogP contribution in [0, 0.1) is 0 Å². The predicted molar refractivity (Wildman–Crippen MR) is 82.2 cm³/mol. The molecule has 1 aromatic carbocycles. The van der Waals surface area contributed by atoms with Crippen LogP contribution in [0.2, 0.25) is 10.0 Å². The molecule has 0 unspecified atom stereocenters. The molecule has 0 amide bonds. The van der Waals surface area contributed by atoms with E-state index < -0.39 is 0 Å². The van der Waals surface area contributed by atoms with E-state index in [1.165, 1.54) is 6.33 Å². The van der Waals surface area contributed by atoms with Crippen molar-refractivity contribution in [1.82, 2.24) is 9.97 Å². The molecule has 0 aliphatic heterocycles. The van der Waals surface area contributed by atoms with Crippen molar-refractivity contribution in [3.63, 3.8) is 0 Å². The Morgan fingerprint density at radius 3 is 2.50 bits per heavy atom. The van der Waals surface area contributed by atoms with E-state index in [1.807, 2.05) is 7.05 Å². The van der Waals surface area contributed by atoms with Gasteiger partial charge < -0.3 is 10.1 Å². The third kappa shape index (κ3) is 3.14. The molecule has 0 bridgehead atoms. The van der Waals surface area contributed by atoms with Gasteiger partial charge in [0.2, 0.25) is 5.88 Å². The minimum atomic E-state index is 0.219. The standard InChI is InChI=1S/C14H15Cl2N3O/c1-8(2)12-13(17-3)18-7-19-14(12)20-9-4-5-10(15)11(16)6-9/h4-8H,1-3H3,(H,17,18,19). The molecule has 0 fully saturated rings. The summed E-state index contributed by atoms with van der Waals surface area (Å²) in [5.41, 5.74) is 0.918. The fourth-order valence-corrected chi connectivity index (χ4v) is 2.12. The molecule has 0 atom stereocenters. The highest BCUT2D eigenvalue weighted by molar-refractivity contribution is 6.42. The number of aromatic nitrogens is 2. The normalized spacial score (nSPS) is 10.7. The summed E-state index contributed by atoms with van der Waals surface area (Å²) in [5, 5.41) is 3.98. The van der Waals surface area contributed by atoms with Crippen LogP contribution >= 0.6 is 23.2 Å². The van der Waals surface area contributed by atoms with E-state index in [0.29, 0.717) is 21.7 Å². The average molecular weight is 312 g/mol. The SMILES string of the molecule is CNc1ncnc(Oc2ccc(Cl)c(Cl)c2)c1C(C)C. The highest BCUT2D eigenvalue weighted by atomic mass is 35.5. The second-order valence-electron chi connectivity index (χ2n) is 4.52. The van der Waals surface area contributed by atoms with Gasteiger partial charge in [-0.15, -0.1) is 0 Å². The summed E-state index contributed by atoms with van der Waals surface area (Å²) < 4.78 is 5.81. The molecule has 0 radical (unpaired) electrons. The highest BCUT2D eigenvalue weighted by Gasteiger charge is 2.16. The Labute approximate surface area is 128 Å². The first-order chi connectivity index (χ1) is 9.52. The maximum Gasteiger partial charge on any atom is 0.227 e. The van der Waals surface area contributed by atoms with Crippen LogP contribution in [0.1, 0.15) is 25.3 Å². The third-order valence-electron chi connectivity index (χ3n) is 2.77. The van der Waals surface area contributed by atoms with Crippen molar-refractivity contribution < 1.29 is 4.74 Å². The van der Waals surface area contributed by atoms with Crippen molar-refractivity contribution in [2.24, 2.45) is 0 Å². The van der Waals surface area contributed by atoms with Crippen LogP contribution in [0.15, 0.2) is 24.5 Å². The van der Waals surface area contributed by atoms with E-state index in [2.05, 4.69) is 29.1 Å². The van der Waals surface area contributed by atoms with E-state index in [0.717, 1.165) is 11.4 Å². The maximum absolute atomic E-state index is 5.98. The molecule has 4 nitrogen and oxygen atoms in total. The fourth-order valence-electron chi connectivity index (χ4n) is 1.83. The minimum Gasteiger partial charge on any atom is -0.438 e. The first-order valence-corrected chi connectivity index (χ1v) is 6.94. The zero-order valence-corrected chi connectivity index (χ0v) is 13.0. The largest absolute Gasteiger partial charge is 0.438 e. The van der Waals surface area contributed by atoms with Gasteiger partial charge >= 0.3 is 0 Å². The summed E-state index contributed by atoms with van der Waals surface area (Å²) in [6.07, 6.45) is 1.46. The van der Waals surface area contributed by atoms with Gasteiger partial charge in [-0.1, -0.05) is 37.0 Å². The van der Waals surface area contributed by atoms with Gasteiger partial charge in [-0.2, -0.15) is 0 Å². The van der Waals surface area contributed by atoms with Crippen molar-refractivity contribution in [3.8, 4) is 11.6 Å². The lowest BCUT2D eigenvalue weighted by molar-refractivity contribution is 0.452. The summed E-state index contributed by atoms with van der Waals surface area (Å²) in [6, 6.07) is 5.10. The van der Waals surface area contributed by atoms with Crippen molar-refractivity contribution in [1.29, 1.82) is 0 Å². The molecule has 1 aromatic heterocycles. The van der Waals surface area contributed by atoms with Crippen LogP contribution in [0.3, 0.4) is 0 Å². The lowest BCUT2D eigenvalue weighted by atomic mass is 10.1. The van der Waals surface area contributed by atoms with E-state index in [1.54, 1.807) is 18.2 Å². The van der Waals surface area contributed by atoms with Crippen molar-refractivity contribution in [3.05, 3.63) is 40.1 Å². The molecule has 1 N–H and O–H groups in total. The Bertz CT molecular complexity index is 617. The van der Waals surface area contributed by atoms with Gasteiger partial charge in [0.05, 0.1) is 15.6 Å². The minimum absolute atomic E-state index is 0.219. The summed E-state index contributed by atoms with van der Waals surface area (Å²) in [6.45, 7) is 4.11. The number of nitrogens with one attached hydrogen (secondary N) is 1. The number of hydrogen-bond donors (Lipinski definition) is 1. The van der Waals surface area contributed by atoms with E-state index in [-0.39, 0.29) is 5.92 Å². The Kier molecular flexibility index (Phi) is 4.68. The van der Waals surface area contributed by atoms with Gasteiger partial charge in [0.25, 0.3) is 0 Å². The lowest BCUT2D eigenvalue weighted by Crippen LogP contribution is -2.04. The topological polar surface area (TPSA) is 47.0 Å². The molecule has 20 heavy (non-hydrogen) atoms. The second kappa shape index (κ2) is 6.29. The van der Waals surface area contributed by atoms with Gasteiger partial charge in [0.1, 0.15) is 17.9 Å². The number of ether oxygens (including phenoxy) is 1. The van der Waals surface area contributed by atoms with Gasteiger partial charge in [-0.3, -0.25) is 0 Å². The quantitative estimate of drug-likeness (QED) is 0.885.